The van der Waals surface area contributed by atoms with Crippen LogP contribution in [0, 0.1) is 0 Å². The molecule has 1 aliphatic heterocycles. The van der Waals surface area contributed by atoms with Crippen LogP contribution in [0.1, 0.15) is 11.7 Å². The normalized spacial score (nSPS) is 19.5. The average molecular weight is 225 g/mol. The van der Waals surface area contributed by atoms with Crippen LogP contribution in [0.5, 0.6) is 0 Å². The molecule has 0 bridgehead atoms. The number of nitrogens with zero attached hydrogens (tertiary/aromatic N) is 1. The van der Waals surface area contributed by atoms with Crippen LogP contribution in [-0.2, 0) is 4.74 Å². The average Bonchev–Trinajstić information content (AvgIpc) is 2.90. The fourth-order valence-electron chi connectivity index (χ4n) is 2.17. The molecule has 1 atom stereocenters. The van der Waals surface area contributed by atoms with Crippen LogP contribution >= 0.6 is 0 Å². The van der Waals surface area contributed by atoms with Crippen LogP contribution in [0.2, 0.25) is 0 Å². The maximum Gasteiger partial charge on any atom is 0.119 e. The number of benzene rings is 2. The van der Waals surface area contributed by atoms with Gasteiger partial charge in [0.15, 0.2) is 0 Å². The van der Waals surface area contributed by atoms with Gasteiger partial charge in [-0.2, -0.15) is 0 Å². The molecular formula is C15H15NO. The van der Waals surface area contributed by atoms with Crippen LogP contribution in [-0.4, -0.2) is 13.3 Å². The second kappa shape index (κ2) is 4.60. The van der Waals surface area contributed by atoms with Crippen molar-refractivity contribution < 1.29 is 4.74 Å². The molecule has 0 aliphatic carbocycles. The van der Waals surface area contributed by atoms with Gasteiger partial charge in [0.1, 0.15) is 12.8 Å². The van der Waals surface area contributed by atoms with Crippen molar-refractivity contribution in [1.82, 2.24) is 0 Å². The summed E-state index contributed by atoms with van der Waals surface area (Å²) in [7, 11) is 0. The molecule has 1 heterocycles. The molecule has 17 heavy (non-hydrogen) atoms. The van der Waals surface area contributed by atoms with E-state index in [1.54, 1.807) is 0 Å². The third-order valence-corrected chi connectivity index (χ3v) is 3.11. The topological polar surface area (TPSA) is 12.5 Å². The Morgan fingerprint density at radius 1 is 0.882 bits per heavy atom. The number of hydrogen-bond acceptors (Lipinski definition) is 2. The van der Waals surface area contributed by atoms with Gasteiger partial charge in [-0.15, -0.1) is 0 Å². The number of hydrogen-bond donors (Lipinski definition) is 0. The lowest BCUT2D eigenvalue weighted by molar-refractivity contribution is 0.117. The highest BCUT2D eigenvalue weighted by atomic mass is 16.5. The molecule has 1 saturated heterocycles. The molecule has 1 fully saturated rings. The van der Waals surface area contributed by atoms with Crippen LogP contribution in [0.15, 0.2) is 60.7 Å². The molecule has 86 valence electrons. The fourth-order valence-corrected chi connectivity index (χ4v) is 2.17. The van der Waals surface area contributed by atoms with E-state index in [0.717, 1.165) is 6.54 Å². The first kappa shape index (κ1) is 10.4. The first-order valence-corrected chi connectivity index (χ1v) is 5.90. The van der Waals surface area contributed by atoms with E-state index in [1.165, 1.54) is 11.3 Å². The molecule has 0 spiro atoms. The molecule has 0 saturated carbocycles. The molecule has 1 aliphatic rings. The van der Waals surface area contributed by atoms with Crippen molar-refractivity contribution in [2.45, 2.75) is 6.10 Å². The summed E-state index contributed by atoms with van der Waals surface area (Å²) < 4.78 is 5.83. The fraction of sp³-hybridized carbons (Fsp3) is 0.200. The smallest absolute Gasteiger partial charge is 0.119 e. The zero-order chi connectivity index (χ0) is 11.5. The second-order valence-electron chi connectivity index (χ2n) is 4.25. The summed E-state index contributed by atoms with van der Waals surface area (Å²) in [6, 6.07) is 20.8. The Morgan fingerprint density at radius 2 is 1.53 bits per heavy atom. The van der Waals surface area contributed by atoms with Crippen molar-refractivity contribution in [3.05, 3.63) is 66.2 Å². The molecule has 2 nitrogen and oxygen atoms in total. The SMILES string of the molecule is c1ccc(C2CN(c3ccccc3)CO2)cc1. The molecular weight excluding hydrogens is 210 g/mol. The Kier molecular flexibility index (Phi) is 2.80. The van der Waals surface area contributed by atoms with Crippen LogP contribution in [0.3, 0.4) is 0 Å². The van der Waals surface area contributed by atoms with Crippen molar-refractivity contribution in [2.75, 3.05) is 18.2 Å². The molecule has 1 unspecified atom stereocenters. The second-order valence-corrected chi connectivity index (χ2v) is 4.25. The largest absolute Gasteiger partial charge is 0.351 e. The lowest BCUT2D eigenvalue weighted by Gasteiger charge is -2.15. The van der Waals surface area contributed by atoms with Crippen molar-refractivity contribution >= 4 is 5.69 Å². The van der Waals surface area contributed by atoms with Crippen molar-refractivity contribution in [3.8, 4) is 0 Å². The van der Waals surface area contributed by atoms with Gasteiger partial charge in [0.2, 0.25) is 0 Å². The minimum atomic E-state index is 0.191. The van der Waals surface area contributed by atoms with Gasteiger partial charge in [0.05, 0.1) is 6.54 Å². The summed E-state index contributed by atoms with van der Waals surface area (Å²) in [5, 5.41) is 0. The van der Waals surface area contributed by atoms with Gasteiger partial charge >= 0.3 is 0 Å². The minimum absolute atomic E-state index is 0.191. The van der Waals surface area contributed by atoms with Crippen LogP contribution in [0.25, 0.3) is 0 Å². The van der Waals surface area contributed by atoms with Gasteiger partial charge in [0, 0.05) is 5.69 Å². The van der Waals surface area contributed by atoms with E-state index in [-0.39, 0.29) is 6.10 Å². The van der Waals surface area contributed by atoms with Gasteiger partial charge in [-0.3, -0.25) is 0 Å². The number of rotatable bonds is 2. The maximum atomic E-state index is 5.83. The predicted octanol–water partition coefficient (Wildman–Crippen LogP) is 3.22. The summed E-state index contributed by atoms with van der Waals surface area (Å²) in [4.78, 5) is 2.26. The van der Waals surface area contributed by atoms with E-state index in [2.05, 4.69) is 53.4 Å². The summed E-state index contributed by atoms with van der Waals surface area (Å²) in [5.41, 5.74) is 2.48. The van der Waals surface area contributed by atoms with Crippen molar-refractivity contribution in [1.29, 1.82) is 0 Å². The van der Waals surface area contributed by atoms with Gasteiger partial charge in [-0.25, -0.2) is 0 Å². The molecule has 0 radical (unpaired) electrons. The standard InChI is InChI=1S/C15H15NO/c1-3-7-13(8-4-1)15-11-16(12-17-15)14-9-5-2-6-10-14/h1-10,15H,11-12H2. The van der Waals surface area contributed by atoms with Gasteiger partial charge in [-0.1, -0.05) is 48.5 Å². The van der Waals surface area contributed by atoms with E-state index in [9.17, 15) is 0 Å². The molecule has 2 aromatic rings. The first-order chi connectivity index (χ1) is 8.43. The molecule has 0 N–H and O–H groups in total. The minimum Gasteiger partial charge on any atom is -0.351 e. The highest BCUT2D eigenvalue weighted by Gasteiger charge is 2.24. The monoisotopic (exact) mass is 225 g/mol. The quantitative estimate of drug-likeness (QED) is 0.778. The van der Waals surface area contributed by atoms with Gasteiger partial charge in [0.25, 0.3) is 0 Å². The summed E-state index contributed by atoms with van der Waals surface area (Å²) in [6.45, 7) is 1.59. The molecule has 0 aromatic heterocycles. The Morgan fingerprint density at radius 3 is 2.24 bits per heavy atom. The summed E-state index contributed by atoms with van der Waals surface area (Å²) >= 11 is 0. The van der Waals surface area contributed by atoms with E-state index < -0.39 is 0 Å². The van der Waals surface area contributed by atoms with E-state index in [4.69, 9.17) is 4.74 Å². The third kappa shape index (κ3) is 2.17. The molecule has 2 aromatic carbocycles. The number of anilines is 1. The Labute approximate surface area is 101 Å². The lowest BCUT2D eigenvalue weighted by atomic mass is 10.1. The maximum absolute atomic E-state index is 5.83. The van der Waals surface area contributed by atoms with Gasteiger partial charge < -0.3 is 9.64 Å². The van der Waals surface area contributed by atoms with Gasteiger partial charge in [-0.05, 0) is 17.7 Å². The van der Waals surface area contributed by atoms with Crippen LogP contribution < -0.4 is 4.90 Å². The Hall–Kier alpha value is -1.80. The zero-order valence-electron chi connectivity index (χ0n) is 9.62. The first-order valence-electron chi connectivity index (χ1n) is 5.90. The summed E-state index contributed by atoms with van der Waals surface area (Å²) in [6.07, 6.45) is 0.191. The van der Waals surface area contributed by atoms with E-state index >= 15 is 0 Å². The Balaban J connectivity index is 1.75. The number of para-hydroxylation sites is 1. The summed E-state index contributed by atoms with van der Waals surface area (Å²) in [5.74, 6) is 0. The highest BCUT2D eigenvalue weighted by Crippen LogP contribution is 2.27. The third-order valence-electron chi connectivity index (χ3n) is 3.11. The number of ether oxygens (including phenoxy) is 1. The van der Waals surface area contributed by atoms with Crippen molar-refractivity contribution in [3.63, 3.8) is 0 Å². The predicted molar refractivity (Wildman–Crippen MR) is 68.9 cm³/mol. The van der Waals surface area contributed by atoms with Crippen LogP contribution in [0.4, 0.5) is 5.69 Å². The lowest BCUT2D eigenvalue weighted by Crippen LogP contribution is -2.18. The van der Waals surface area contributed by atoms with E-state index in [1.807, 2.05) is 12.1 Å². The zero-order valence-corrected chi connectivity index (χ0v) is 9.62. The molecule has 2 heteroatoms. The van der Waals surface area contributed by atoms with E-state index in [0.29, 0.717) is 6.73 Å². The molecule has 3 rings (SSSR count). The Bertz CT molecular complexity index is 423. The molecule has 0 amide bonds. The van der Waals surface area contributed by atoms with Crippen molar-refractivity contribution in [2.24, 2.45) is 0 Å². The highest BCUT2D eigenvalue weighted by molar-refractivity contribution is 5.46.